The number of aryl methyl sites for hydroxylation is 1. The Morgan fingerprint density at radius 2 is 1.85 bits per heavy atom. The molecule has 1 unspecified atom stereocenters. The summed E-state index contributed by atoms with van der Waals surface area (Å²) in [5.41, 5.74) is 3.84. The van der Waals surface area contributed by atoms with E-state index in [4.69, 9.17) is 4.42 Å². The SMILES string of the molecule is CCNC(C)c1cc2cc(CC)cc(C(C)(C)C)c2o1. The lowest BCUT2D eigenvalue weighted by molar-refractivity contribution is 0.453. The molecule has 0 fully saturated rings. The highest BCUT2D eigenvalue weighted by Gasteiger charge is 2.21. The second-order valence-electron chi connectivity index (χ2n) is 6.59. The van der Waals surface area contributed by atoms with Crippen LogP contribution in [0.3, 0.4) is 0 Å². The quantitative estimate of drug-likeness (QED) is 0.851. The molecule has 2 aromatic rings. The van der Waals surface area contributed by atoms with Crippen molar-refractivity contribution in [3.05, 3.63) is 35.1 Å². The second-order valence-corrected chi connectivity index (χ2v) is 6.59. The summed E-state index contributed by atoms with van der Waals surface area (Å²) in [6.07, 6.45) is 1.06. The van der Waals surface area contributed by atoms with Gasteiger partial charge in [-0.2, -0.15) is 0 Å². The van der Waals surface area contributed by atoms with Crippen molar-refractivity contribution in [2.75, 3.05) is 6.54 Å². The highest BCUT2D eigenvalue weighted by Crippen LogP contribution is 2.34. The van der Waals surface area contributed by atoms with Crippen LogP contribution in [0.2, 0.25) is 0 Å². The van der Waals surface area contributed by atoms with Gasteiger partial charge in [0.05, 0.1) is 6.04 Å². The van der Waals surface area contributed by atoms with Crippen LogP contribution in [0.15, 0.2) is 22.6 Å². The van der Waals surface area contributed by atoms with Crippen LogP contribution in [0.25, 0.3) is 11.0 Å². The Morgan fingerprint density at radius 1 is 1.15 bits per heavy atom. The molecule has 20 heavy (non-hydrogen) atoms. The molecule has 0 aliphatic carbocycles. The summed E-state index contributed by atoms with van der Waals surface area (Å²) in [4.78, 5) is 0. The molecule has 1 aromatic carbocycles. The van der Waals surface area contributed by atoms with Crippen LogP contribution in [-0.4, -0.2) is 6.54 Å². The minimum absolute atomic E-state index is 0.0972. The number of furan rings is 1. The average Bonchev–Trinajstić information content (AvgIpc) is 2.80. The van der Waals surface area contributed by atoms with Gasteiger partial charge < -0.3 is 9.73 Å². The molecule has 1 atom stereocenters. The van der Waals surface area contributed by atoms with Crippen LogP contribution >= 0.6 is 0 Å². The maximum atomic E-state index is 6.18. The predicted octanol–water partition coefficient (Wildman–Crippen LogP) is 4.96. The third-order valence-corrected chi connectivity index (χ3v) is 3.85. The number of nitrogens with one attached hydrogen (secondary N) is 1. The van der Waals surface area contributed by atoms with Crippen LogP contribution in [0.5, 0.6) is 0 Å². The number of benzene rings is 1. The van der Waals surface area contributed by atoms with Crippen molar-refractivity contribution in [3.8, 4) is 0 Å². The Balaban J connectivity index is 2.60. The lowest BCUT2D eigenvalue weighted by Crippen LogP contribution is -2.16. The van der Waals surface area contributed by atoms with Crippen LogP contribution in [0.1, 0.15) is 64.5 Å². The summed E-state index contributed by atoms with van der Waals surface area (Å²) in [5, 5.41) is 4.65. The Labute approximate surface area is 122 Å². The molecule has 2 nitrogen and oxygen atoms in total. The van der Waals surface area contributed by atoms with E-state index >= 15 is 0 Å². The first-order chi connectivity index (χ1) is 9.36. The lowest BCUT2D eigenvalue weighted by Gasteiger charge is -2.20. The van der Waals surface area contributed by atoms with Gasteiger partial charge >= 0.3 is 0 Å². The average molecular weight is 273 g/mol. The number of rotatable bonds is 4. The van der Waals surface area contributed by atoms with Crippen LogP contribution < -0.4 is 5.32 Å². The molecule has 110 valence electrons. The van der Waals surface area contributed by atoms with E-state index in [0.717, 1.165) is 24.3 Å². The molecule has 0 aliphatic rings. The molecule has 0 bridgehead atoms. The predicted molar refractivity (Wildman–Crippen MR) is 86.4 cm³/mol. The number of hydrogen-bond donors (Lipinski definition) is 1. The summed E-state index contributed by atoms with van der Waals surface area (Å²) >= 11 is 0. The van der Waals surface area contributed by atoms with Gasteiger partial charge in [0.15, 0.2) is 0 Å². The fraction of sp³-hybridized carbons (Fsp3) is 0.556. The van der Waals surface area contributed by atoms with Gasteiger partial charge in [0.1, 0.15) is 11.3 Å². The Bertz CT molecular complexity index is 589. The van der Waals surface area contributed by atoms with Crippen molar-refractivity contribution in [3.63, 3.8) is 0 Å². The standard InChI is InChI=1S/C18H27NO/c1-7-13-9-14-11-16(12(3)19-8-2)20-17(14)15(10-13)18(4,5)6/h9-12,19H,7-8H2,1-6H3. The molecule has 0 aliphatic heterocycles. The first kappa shape index (κ1) is 15.1. The molecule has 0 amide bonds. The van der Waals surface area contributed by atoms with Crippen molar-refractivity contribution in [1.82, 2.24) is 5.32 Å². The van der Waals surface area contributed by atoms with Crippen LogP contribution in [0, 0.1) is 0 Å². The van der Waals surface area contributed by atoms with Crippen molar-refractivity contribution in [2.45, 2.75) is 59.4 Å². The van der Waals surface area contributed by atoms with E-state index in [-0.39, 0.29) is 11.5 Å². The van der Waals surface area contributed by atoms with Gasteiger partial charge in [-0.05, 0) is 43.0 Å². The van der Waals surface area contributed by atoms with Crippen LogP contribution in [0.4, 0.5) is 0 Å². The zero-order valence-electron chi connectivity index (χ0n) is 13.6. The monoisotopic (exact) mass is 273 g/mol. The first-order valence-corrected chi connectivity index (χ1v) is 7.67. The molecule has 1 aromatic heterocycles. The summed E-state index contributed by atoms with van der Waals surface area (Å²) in [6, 6.07) is 7.01. The Morgan fingerprint density at radius 3 is 2.40 bits per heavy atom. The van der Waals surface area contributed by atoms with Gasteiger partial charge in [0.2, 0.25) is 0 Å². The fourth-order valence-electron chi connectivity index (χ4n) is 2.62. The van der Waals surface area contributed by atoms with E-state index in [9.17, 15) is 0 Å². The maximum Gasteiger partial charge on any atom is 0.138 e. The zero-order valence-corrected chi connectivity index (χ0v) is 13.6. The van der Waals surface area contributed by atoms with Gasteiger partial charge in [0.25, 0.3) is 0 Å². The molecule has 0 radical (unpaired) electrons. The number of hydrogen-bond acceptors (Lipinski definition) is 2. The first-order valence-electron chi connectivity index (χ1n) is 7.67. The maximum absolute atomic E-state index is 6.18. The van der Waals surface area contributed by atoms with Crippen molar-refractivity contribution >= 4 is 11.0 Å². The van der Waals surface area contributed by atoms with Gasteiger partial charge in [-0.1, -0.05) is 40.7 Å². The molecule has 0 spiro atoms. The normalized spacial score (nSPS) is 13.9. The molecule has 1 N–H and O–H groups in total. The van der Waals surface area contributed by atoms with Gasteiger partial charge in [0, 0.05) is 10.9 Å². The number of fused-ring (bicyclic) bond motifs is 1. The third kappa shape index (κ3) is 2.90. The van der Waals surface area contributed by atoms with E-state index in [1.807, 2.05) is 0 Å². The van der Waals surface area contributed by atoms with Crippen molar-refractivity contribution in [2.24, 2.45) is 0 Å². The van der Waals surface area contributed by atoms with E-state index in [1.165, 1.54) is 16.5 Å². The molecule has 0 saturated carbocycles. The fourth-order valence-corrected chi connectivity index (χ4v) is 2.62. The van der Waals surface area contributed by atoms with Crippen molar-refractivity contribution in [1.29, 1.82) is 0 Å². The molecule has 2 rings (SSSR count). The molecular formula is C18H27NO. The summed E-state index contributed by atoms with van der Waals surface area (Å²) in [6.45, 7) is 14.2. The van der Waals surface area contributed by atoms with Crippen molar-refractivity contribution < 1.29 is 4.42 Å². The molecule has 2 heteroatoms. The minimum Gasteiger partial charge on any atom is -0.459 e. The van der Waals surface area contributed by atoms with E-state index in [1.54, 1.807) is 0 Å². The molecule has 1 heterocycles. The highest BCUT2D eigenvalue weighted by molar-refractivity contribution is 5.83. The van der Waals surface area contributed by atoms with Crippen LogP contribution in [-0.2, 0) is 11.8 Å². The summed E-state index contributed by atoms with van der Waals surface area (Å²) < 4.78 is 6.18. The molecular weight excluding hydrogens is 246 g/mol. The summed E-state index contributed by atoms with van der Waals surface area (Å²) in [5.74, 6) is 1.03. The van der Waals surface area contributed by atoms with E-state index < -0.39 is 0 Å². The van der Waals surface area contributed by atoms with E-state index in [0.29, 0.717) is 0 Å². The van der Waals surface area contributed by atoms with E-state index in [2.05, 4.69) is 65.1 Å². The lowest BCUT2D eigenvalue weighted by atomic mass is 9.85. The second kappa shape index (κ2) is 5.61. The third-order valence-electron chi connectivity index (χ3n) is 3.85. The largest absolute Gasteiger partial charge is 0.459 e. The van der Waals surface area contributed by atoms with Gasteiger partial charge in [-0.15, -0.1) is 0 Å². The molecule has 0 saturated heterocycles. The minimum atomic E-state index is 0.0972. The zero-order chi connectivity index (χ0) is 14.9. The smallest absolute Gasteiger partial charge is 0.138 e. The van der Waals surface area contributed by atoms with Gasteiger partial charge in [-0.25, -0.2) is 0 Å². The highest BCUT2D eigenvalue weighted by atomic mass is 16.3. The Hall–Kier alpha value is -1.28. The van der Waals surface area contributed by atoms with Gasteiger partial charge in [-0.3, -0.25) is 0 Å². The Kier molecular flexibility index (Phi) is 4.24. The topological polar surface area (TPSA) is 25.2 Å². The summed E-state index contributed by atoms with van der Waals surface area (Å²) in [7, 11) is 0.